The summed E-state index contributed by atoms with van der Waals surface area (Å²) in [6.45, 7) is 1.61. The molecule has 0 radical (unpaired) electrons. The number of rotatable bonds is 6. The number of thiol groups is 1. The van der Waals surface area contributed by atoms with Crippen LogP contribution < -0.4 is 5.48 Å². The van der Waals surface area contributed by atoms with Crippen LogP contribution in [0.2, 0.25) is 0 Å². The largest absolute Gasteiger partial charge is 0.481 e. The van der Waals surface area contributed by atoms with E-state index < -0.39 is 17.8 Å². The SMILES string of the molecule is CC(CCC(S)CC(=O)NO)C(=O)O. The molecule has 0 fully saturated rings. The zero-order valence-corrected chi connectivity index (χ0v) is 8.83. The van der Waals surface area contributed by atoms with Crippen LogP contribution in [0.3, 0.4) is 0 Å². The molecule has 0 bridgehead atoms. The standard InChI is InChI=1S/C8H15NO4S/c1-5(8(11)12)2-3-6(14)4-7(10)9-13/h5-6,13-14H,2-4H2,1H3,(H,9,10)(H,11,12). The van der Waals surface area contributed by atoms with Gasteiger partial charge in [0.1, 0.15) is 0 Å². The van der Waals surface area contributed by atoms with Gasteiger partial charge in [-0.2, -0.15) is 12.6 Å². The monoisotopic (exact) mass is 221 g/mol. The Labute approximate surface area is 87.9 Å². The second kappa shape index (κ2) is 6.67. The molecule has 0 aromatic heterocycles. The van der Waals surface area contributed by atoms with Crippen LogP contribution >= 0.6 is 12.6 Å². The molecule has 3 N–H and O–H groups in total. The number of hydrogen-bond donors (Lipinski definition) is 4. The first-order valence-corrected chi connectivity index (χ1v) is 4.82. The van der Waals surface area contributed by atoms with Crippen LogP contribution in [0.1, 0.15) is 26.2 Å². The van der Waals surface area contributed by atoms with E-state index in [0.29, 0.717) is 12.8 Å². The zero-order chi connectivity index (χ0) is 11.1. The summed E-state index contributed by atoms with van der Waals surface area (Å²) >= 11 is 4.10. The molecule has 1 amide bonds. The molecule has 6 heteroatoms. The fourth-order valence-electron chi connectivity index (χ4n) is 0.928. The van der Waals surface area contributed by atoms with Crippen molar-refractivity contribution in [1.29, 1.82) is 0 Å². The van der Waals surface area contributed by atoms with E-state index >= 15 is 0 Å². The van der Waals surface area contributed by atoms with E-state index in [9.17, 15) is 9.59 Å². The van der Waals surface area contributed by atoms with Crippen LogP contribution in [0, 0.1) is 5.92 Å². The third kappa shape index (κ3) is 5.82. The highest BCUT2D eigenvalue weighted by atomic mass is 32.1. The van der Waals surface area contributed by atoms with Gasteiger partial charge < -0.3 is 5.11 Å². The van der Waals surface area contributed by atoms with Gasteiger partial charge in [-0.1, -0.05) is 6.92 Å². The van der Waals surface area contributed by atoms with Crippen LogP contribution in [0.25, 0.3) is 0 Å². The number of amides is 1. The average Bonchev–Trinajstić information content (AvgIpc) is 2.13. The topological polar surface area (TPSA) is 86.6 Å². The molecule has 0 saturated heterocycles. The first-order valence-electron chi connectivity index (χ1n) is 4.31. The summed E-state index contributed by atoms with van der Waals surface area (Å²) in [5.41, 5.74) is 1.50. The van der Waals surface area contributed by atoms with Gasteiger partial charge in [-0.05, 0) is 12.8 Å². The third-order valence-electron chi connectivity index (χ3n) is 1.90. The van der Waals surface area contributed by atoms with Crippen molar-refractivity contribution in [3.8, 4) is 0 Å². The summed E-state index contributed by atoms with van der Waals surface area (Å²) in [4.78, 5) is 21.1. The molecular formula is C8H15NO4S. The van der Waals surface area contributed by atoms with Crippen molar-refractivity contribution < 1.29 is 19.9 Å². The Morgan fingerprint density at radius 1 is 1.43 bits per heavy atom. The van der Waals surface area contributed by atoms with E-state index in [1.807, 2.05) is 0 Å². The van der Waals surface area contributed by atoms with Crippen molar-refractivity contribution in [2.24, 2.45) is 5.92 Å². The maximum atomic E-state index is 10.7. The van der Waals surface area contributed by atoms with Crippen molar-refractivity contribution in [2.75, 3.05) is 0 Å². The number of aliphatic carboxylic acids is 1. The quantitative estimate of drug-likeness (QED) is 0.302. The Morgan fingerprint density at radius 3 is 2.43 bits per heavy atom. The normalized spacial score (nSPS) is 14.5. The summed E-state index contributed by atoms with van der Waals surface area (Å²) in [5, 5.41) is 16.6. The second-order valence-electron chi connectivity index (χ2n) is 3.21. The van der Waals surface area contributed by atoms with Crippen molar-refractivity contribution in [3.05, 3.63) is 0 Å². The van der Waals surface area contributed by atoms with Gasteiger partial charge >= 0.3 is 5.97 Å². The molecule has 5 nitrogen and oxygen atoms in total. The summed E-state index contributed by atoms with van der Waals surface area (Å²) < 4.78 is 0. The molecule has 0 aliphatic heterocycles. The number of carbonyl (C=O) groups is 2. The van der Waals surface area contributed by atoms with E-state index in [1.165, 1.54) is 5.48 Å². The van der Waals surface area contributed by atoms with Gasteiger partial charge in [0.2, 0.25) is 5.91 Å². The predicted octanol–water partition coefficient (Wildman–Crippen LogP) is 0.681. The average molecular weight is 221 g/mol. The van der Waals surface area contributed by atoms with E-state index in [1.54, 1.807) is 6.92 Å². The molecule has 0 aromatic rings. The maximum Gasteiger partial charge on any atom is 0.306 e. The molecule has 82 valence electrons. The molecule has 0 rings (SSSR count). The summed E-state index contributed by atoms with van der Waals surface area (Å²) in [5.74, 6) is -1.79. The van der Waals surface area contributed by atoms with Crippen LogP contribution in [-0.2, 0) is 9.59 Å². The molecular weight excluding hydrogens is 206 g/mol. The number of hydrogen-bond acceptors (Lipinski definition) is 4. The molecule has 0 aliphatic carbocycles. The fourth-order valence-corrected chi connectivity index (χ4v) is 1.24. The van der Waals surface area contributed by atoms with E-state index in [-0.39, 0.29) is 11.7 Å². The third-order valence-corrected chi connectivity index (χ3v) is 2.34. The molecule has 2 unspecified atom stereocenters. The lowest BCUT2D eigenvalue weighted by Gasteiger charge is -2.10. The highest BCUT2D eigenvalue weighted by Crippen LogP contribution is 2.14. The molecule has 2 atom stereocenters. The van der Waals surface area contributed by atoms with E-state index in [2.05, 4.69) is 12.6 Å². The molecule has 0 aliphatic rings. The van der Waals surface area contributed by atoms with Gasteiger partial charge in [-0.25, -0.2) is 5.48 Å². The van der Waals surface area contributed by atoms with E-state index in [4.69, 9.17) is 10.3 Å². The smallest absolute Gasteiger partial charge is 0.306 e. The van der Waals surface area contributed by atoms with Gasteiger partial charge in [0.15, 0.2) is 0 Å². The lowest BCUT2D eigenvalue weighted by atomic mass is 10.0. The van der Waals surface area contributed by atoms with Gasteiger partial charge in [0, 0.05) is 11.7 Å². The van der Waals surface area contributed by atoms with Crippen molar-refractivity contribution in [1.82, 2.24) is 5.48 Å². The molecule has 14 heavy (non-hydrogen) atoms. The summed E-state index contributed by atoms with van der Waals surface area (Å²) in [7, 11) is 0. The zero-order valence-electron chi connectivity index (χ0n) is 7.93. The van der Waals surface area contributed by atoms with Crippen LogP contribution in [0.5, 0.6) is 0 Å². The van der Waals surface area contributed by atoms with Crippen LogP contribution in [0.4, 0.5) is 0 Å². The van der Waals surface area contributed by atoms with Gasteiger partial charge in [0.25, 0.3) is 0 Å². The number of nitrogens with one attached hydrogen (secondary N) is 1. The number of hydroxylamine groups is 1. The summed E-state index contributed by atoms with van der Waals surface area (Å²) in [6.07, 6.45) is 1.10. The fraction of sp³-hybridized carbons (Fsp3) is 0.750. The number of carboxylic acids is 1. The Kier molecular flexibility index (Phi) is 6.31. The number of carbonyl (C=O) groups excluding carboxylic acids is 1. The Balaban J connectivity index is 3.68. The molecule has 0 spiro atoms. The maximum absolute atomic E-state index is 10.7. The number of carboxylic acid groups (broad SMARTS) is 1. The first kappa shape index (κ1) is 13.2. The predicted molar refractivity (Wildman–Crippen MR) is 53.4 cm³/mol. The van der Waals surface area contributed by atoms with Crippen molar-refractivity contribution >= 4 is 24.5 Å². The highest BCUT2D eigenvalue weighted by Gasteiger charge is 2.14. The highest BCUT2D eigenvalue weighted by molar-refractivity contribution is 7.81. The molecule has 0 aromatic carbocycles. The van der Waals surface area contributed by atoms with Gasteiger partial charge in [-0.3, -0.25) is 14.8 Å². The lowest BCUT2D eigenvalue weighted by molar-refractivity contribution is -0.141. The second-order valence-corrected chi connectivity index (χ2v) is 3.94. The Hall–Kier alpha value is -0.750. The van der Waals surface area contributed by atoms with Gasteiger partial charge in [0.05, 0.1) is 5.92 Å². The minimum absolute atomic E-state index is 0.0892. The van der Waals surface area contributed by atoms with E-state index in [0.717, 1.165) is 0 Å². The Bertz CT molecular complexity index is 210. The molecule has 0 saturated carbocycles. The lowest BCUT2D eigenvalue weighted by Crippen LogP contribution is -2.22. The minimum Gasteiger partial charge on any atom is -0.481 e. The summed E-state index contributed by atoms with van der Waals surface area (Å²) in [6, 6.07) is 0. The first-order chi connectivity index (χ1) is 6.47. The van der Waals surface area contributed by atoms with Gasteiger partial charge in [-0.15, -0.1) is 0 Å². The van der Waals surface area contributed by atoms with Crippen molar-refractivity contribution in [2.45, 2.75) is 31.4 Å². The Morgan fingerprint density at radius 2 is 2.00 bits per heavy atom. The molecule has 0 heterocycles. The van der Waals surface area contributed by atoms with Crippen LogP contribution in [-0.4, -0.2) is 27.4 Å². The van der Waals surface area contributed by atoms with Crippen molar-refractivity contribution in [3.63, 3.8) is 0 Å². The minimum atomic E-state index is -0.850. The van der Waals surface area contributed by atoms with Crippen LogP contribution in [0.15, 0.2) is 0 Å².